The van der Waals surface area contributed by atoms with Crippen molar-refractivity contribution in [1.82, 2.24) is 19.1 Å². The van der Waals surface area contributed by atoms with Crippen molar-refractivity contribution in [2.45, 2.75) is 0 Å². The van der Waals surface area contributed by atoms with E-state index in [9.17, 15) is 9.59 Å². The summed E-state index contributed by atoms with van der Waals surface area (Å²) >= 11 is 1.56. The first kappa shape index (κ1) is 20.7. The first-order valence-corrected chi connectivity index (χ1v) is 12.4. The molecule has 3 aromatic heterocycles. The van der Waals surface area contributed by atoms with E-state index in [1.165, 1.54) is 0 Å². The van der Waals surface area contributed by atoms with Crippen LogP contribution in [0, 0.1) is 0 Å². The van der Waals surface area contributed by atoms with E-state index in [0.29, 0.717) is 17.0 Å². The van der Waals surface area contributed by atoms with E-state index in [1.54, 1.807) is 23.6 Å². The number of thiazole rings is 1. The van der Waals surface area contributed by atoms with E-state index in [0.717, 1.165) is 38.3 Å². The normalized spacial score (nSPS) is 13.2. The third-order valence-electron chi connectivity index (χ3n) is 6.68. The molecule has 0 unspecified atom stereocenters. The van der Waals surface area contributed by atoms with Crippen LogP contribution in [0.4, 0.5) is 0 Å². The van der Waals surface area contributed by atoms with Crippen LogP contribution in [0.5, 0.6) is 0 Å². The minimum atomic E-state index is -0.268. The Kier molecular flexibility index (Phi) is 4.43. The molecule has 0 saturated carbocycles. The van der Waals surface area contributed by atoms with Gasteiger partial charge in [-0.3, -0.25) is 14.2 Å². The number of Topliss-reactive ketones (excluding diaryl/α,β-unsaturated/α-hetero) is 2. The van der Waals surface area contributed by atoms with Crippen molar-refractivity contribution < 1.29 is 9.59 Å². The number of ketones is 2. The maximum Gasteiger partial charge on any atom is 0.197 e. The van der Waals surface area contributed by atoms with Gasteiger partial charge in [-0.1, -0.05) is 42.5 Å². The Labute approximate surface area is 209 Å². The van der Waals surface area contributed by atoms with Crippen LogP contribution in [0.2, 0.25) is 0 Å². The molecular formula is C29H18N4O2S. The maximum atomic E-state index is 13.4. The fourth-order valence-electron chi connectivity index (χ4n) is 4.93. The zero-order valence-electron chi connectivity index (χ0n) is 19.2. The number of aryl methyl sites for hydroxylation is 1. The second-order valence-corrected chi connectivity index (χ2v) is 9.63. The Morgan fingerprint density at radius 2 is 1.53 bits per heavy atom. The monoisotopic (exact) mass is 486 g/mol. The summed E-state index contributed by atoms with van der Waals surface area (Å²) in [5.74, 6) is -0.00617. The molecule has 1 aliphatic carbocycles. The topological polar surface area (TPSA) is 69.8 Å². The van der Waals surface area contributed by atoms with Gasteiger partial charge in [0.15, 0.2) is 17.2 Å². The molecule has 3 heterocycles. The van der Waals surface area contributed by atoms with E-state index in [4.69, 9.17) is 4.98 Å². The van der Waals surface area contributed by atoms with E-state index in [-0.39, 0.29) is 17.1 Å². The summed E-state index contributed by atoms with van der Waals surface area (Å²) in [6.07, 6.45) is 3.41. The van der Waals surface area contributed by atoms with Crippen molar-refractivity contribution in [3.63, 3.8) is 0 Å². The summed E-state index contributed by atoms with van der Waals surface area (Å²) in [5, 5.41) is 4.72. The SMILES string of the molecule is Cn1c(-c2nccs2)cc2c1nc(C=C1C(=O)c3cc4ccccc4cc3C1=O)n2-c1ccccc1. The zero-order chi connectivity index (χ0) is 24.4. The molecule has 6 aromatic rings. The fraction of sp³-hybridized carbons (Fsp3) is 0.0345. The molecular weight excluding hydrogens is 468 g/mol. The first-order chi connectivity index (χ1) is 17.6. The van der Waals surface area contributed by atoms with Crippen LogP contribution >= 0.6 is 11.3 Å². The van der Waals surface area contributed by atoms with Crippen molar-refractivity contribution in [1.29, 1.82) is 0 Å². The lowest BCUT2D eigenvalue weighted by Gasteiger charge is -2.06. The summed E-state index contributed by atoms with van der Waals surface area (Å²) in [4.78, 5) is 36.1. The second kappa shape index (κ2) is 7.69. The maximum absolute atomic E-state index is 13.4. The number of para-hydroxylation sites is 1. The van der Waals surface area contributed by atoms with Gasteiger partial charge in [-0.05, 0) is 47.2 Å². The minimum absolute atomic E-state index is 0.132. The summed E-state index contributed by atoms with van der Waals surface area (Å²) in [6, 6.07) is 23.3. The summed E-state index contributed by atoms with van der Waals surface area (Å²) in [6.45, 7) is 0. The number of carbonyl (C=O) groups is 2. The molecule has 1 aliphatic rings. The molecule has 0 atom stereocenters. The van der Waals surface area contributed by atoms with Gasteiger partial charge in [0.2, 0.25) is 0 Å². The number of hydrogen-bond acceptors (Lipinski definition) is 5. The number of allylic oxidation sites excluding steroid dienone is 1. The predicted molar refractivity (Wildman–Crippen MR) is 142 cm³/mol. The van der Waals surface area contributed by atoms with Crippen molar-refractivity contribution >= 4 is 50.9 Å². The van der Waals surface area contributed by atoms with Crippen LogP contribution < -0.4 is 0 Å². The zero-order valence-corrected chi connectivity index (χ0v) is 20.0. The molecule has 7 rings (SSSR count). The van der Waals surface area contributed by atoms with Crippen LogP contribution in [0.15, 0.2) is 89.9 Å². The van der Waals surface area contributed by atoms with Crippen molar-refractivity contribution in [2.24, 2.45) is 7.05 Å². The molecule has 6 nitrogen and oxygen atoms in total. The Balaban J connectivity index is 1.44. The Morgan fingerprint density at radius 3 is 2.17 bits per heavy atom. The quantitative estimate of drug-likeness (QED) is 0.224. The highest BCUT2D eigenvalue weighted by Crippen LogP contribution is 2.34. The second-order valence-electron chi connectivity index (χ2n) is 8.74. The van der Waals surface area contributed by atoms with E-state index < -0.39 is 0 Å². The number of benzene rings is 3. The highest BCUT2D eigenvalue weighted by atomic mass is 32.1. The Hall–Kier alpha value is -4.62. The molecule has 172 valence electrons. The highest BCUT2D eigenvalue weighted by molar-refractivity contribution is 7.13. The van der Waals surface area contributed by atoms with Gasteiger partial charge >= 0.3 is 0 Å². The van der Waals surface area contributed by atoms with Gasteiger partial charge in [0, 0.05) is 35.4 Å². The molecule has 0 fully saturated rings. The van der Waals surface area contributed by atoms with Gasteiger partial charge in [0.05, 0.1) is 16.8 Å². The number of imidazole rings is 1. The minimum Gasteiger partial charge on any atom is -0.325 e. The van der Waals surface area contributed by atoms with E-state index >= 15 is 0 Å². The molecule has 3 aromatic carbocycles. The average molecular weight is 487 g/mol. The number of rotatable bonds is 3. The number of hydrogen-bond donors (Lipinski definition) is 0. The molecule has 0 amide bonds. The van der Waals surface area contributed by atoms with Crippen LogP contribution in [0.25, 0.3) is 44.4 Å². The average Bonchev–Trinajstić information content (AvgIpc) is 3.66. The summed E-state index contributed by atoms with van der Waals surface area (Å²) in [7, 11) is 1.95. The summed E-state index contributed by atoms with van der Waals surface area (Å²) < 4.78 is 3.98. The van der Waals surface area contributed by atoms with Gasteiger partial charge < -0.3 is 4.57 Å². The van der Waals surface area contributed by atoms with Crippen molar-refractivity contribution in [2.75, 3.05) is 0 Å². The van der Waals surface area contributed by atoms with E-state index in [2.05, 4.69) is 11.1 Å². The lowest BCUT2D eigenvalue weighted by atomic mass is 10.0. The molecule has 0 aliphatic heterocycles. The van der Waals surface area contributed by atoms with Crippen LogP contribution in [0.1, 0.15) is 26.5 Å². The first-order valence-electron chi connectivity index (χ1n) is 11.5. The van der Waals surface area contributed by atoms with Crippen LogP contribution in [-0.2, 0) is 7.05 Å². The van der Waals surface area contributed by atoms with Gasteiger partial charge in [-0.15, -0.1) is 11.3 Å². The van der Waals surface area contributed by atoms with Crippen molar-refractivity contribution in [3.05, 3.63) is 107 Å². The molecule has 36 heavy (non-hydrogen) atoms. The smallest absolute Gasteiger partial charge is 0.197 e. The van der Waals surface area contributed by atoms with Gasteiger partial charge in [0.25, 0.3) is 0 Å². The molecule has 7 heteroatoms. The summed E-state index contributed by atoms with van der Waals surface area (Å²) in [5.41, 5.74) is 4.49. The van der Waals surface area contributed by atoms with Crippen molar-refractivity contribution in [3.8, 4) is 16.4 Å². The molecule has 0 bridgehead atoms. The molecule has 0 radical (unpaired) electrons. The van der Waals surface area contributed by atoms with Gasteiger partial charge in [-0.25, -0.2) is 9.97 Å². The predicted octanol–water partition coefficient (Wildman–Crippen LogP) is 6.10. The third-order valence-corrected chi connectivity index (χ3v) is 7.47. The molecule has 0 spiro atoms. The lowest BCUT2D eigenvalue weighted by Crippen LogP contribution is -2.03. The van der Waals surface area contributed by atoms with Gasteiger partial charge in [-0.2, -0.15) is 0 Å². The fourth-order valence-corrected chi connectivity index (χ4v) is 5.61. The van der Waals surface area contributed by atoms with Crippen LogP contribution in [-0.4, -0.2) is 30.7 Å². The number of aromatic nitrogens is 4. The Bertz CT molecular complexity index is 1820. The number of fused-ring (bicyclic) bond motifs is 3. The highest BCUT2D eigenvalue weighted by Gasteiger charge is 2.34. The molecule has 0 N–H and O–H groups in total. The van der Waals surface area contributed by atoms with Crippen LogP contribution in [0.3, 0.4) is 0 Å². The largest absolute Gasteiger partial charge is 0.325 e. The molecule has 0 saturated heterocycles. The number of nitrogens with zero attached hydrogens (tertiary/aromatic N) is 4. The van der Waals surface area contributed by atoms with Gasteiger partial charge in [0.1, 0.15) is 10.8 Å². The van der Waals surface area contributed by atoms with E-state index in [1.807, 2.05) is 88.3 Å². The lowest BCUT2D eigenvalue weighted by molar-refractivity contribution is 0.0990. The Morgan fingerprint density at radius 1 is 0.861 bits per heavy atom. The third kappa shape index (κ3) is 2.96. The standard InChI is InChI=1S/C29H18N4O2S/c1-32-24(29-30-11-12-36-29)16-23-28(32)31-25(33(23)19-9-3-2-4-10-19)15-22-26(34)20-13-17-7-5-6-8-18(17)14-21(20)27(22)35/h2-16H,1H3. The number of carbonyl (C=O) groups excluding carboxylic acids is 2.